The summed E-state index contributed by atoms with van der Waals surface area (Å²) in [5.74, 6) is 1.66. The van der Waals surface area contributed by atoms with E-state index in [0.717, 1.165) is 36.6 Å². The molecule has 2 aromatic rings. The van der Waals surface area contributed by atoms with Crippen molar-refractivity contribution in [2.75, 3.05) is 23.7 Å². The number of carbonyl (C=O) groups excluding carboxylic acids is 1. The lowest BCUT2D eigenvalue weighted by atomic mass is 10.2. The van der Waals surface area contributed by atoms with Gasteiger partial charge in [-0.3, -0.25) is 4.68 Å². The van der Waals surface area contributed by atoms with Crippen molar-refractivity contribution in [1.29, 1.82) is 0 Å². The molecule has 0 bridgehead atoms. The quantitative estimate of drug-likeness (QED) is 0.644. The lowest BCUT2D eigenvalue weighted by Gasteiger charge is -2.09. The molecule has 2 amide bonds. The van der Waals surface area contributed by atoms with Gasteiger partial charge in [0.2, 0.25) is 0 Å². The Morgan fingerprint density at radius 3 is 2.83 bits per heavy atom. The highest BCUT2D eigenvalue weighted by Gasteiger charge is 2.04. The summed E-state index contributed by atoms with van der Waals surface area (Å²) in [5.41, 5.74) is 1.61. The molecule has 0 saturated heterocycles. The van der Waals surface area contributed by atoms with Crippen molar-refractivity contribution < 1.29 is 4.79 Å². The van der Waals surface area contributed by atoms with Crippen LogP contribution in [0.4, 0.5) is 16.3 Å². The molecule has 24 heavy (non-hydrogen) atoms. The minimum Gasteiger partial charge on any atom is -0.368 e. The monoisotopic (exact) mass is 331 g/mol. The van der Waals surface area contributed by atoms with Gasteiger partial charge >= 0.3 is 6.03 Å². The number of nitrogens with zero attached hydrogens (tertiary/aromatic N) is 4. The number of aromatic nitrogens is 4. The lowest BCUT2D eigenvalue weighted by Crippen LogP contribution is -2.32. The second-order valence-electron chi connectivity index (χ2n) is 5.62. The van der Waals surface area contributed by atoms with E-state index in [1.165, 1.54) is 0 Å². The maximum absolute atomic E-state index is 11.7. The maximum atomic E-state index is 11.7. The van der Waals surface area contributed by atoms with Gasteiger partial charge in [0, 0.05) is 44.5 Å². The summed E-state index contributed by atoms with van der Waals surface area (Å²) < 4.78 is 1.63. The summed E-state index contributed by atoms with van der Waals surface area (Å²) in [6.07, 6.45) is 6.42. The first-order valence-electron chi connectivity index (χ1n) is 8.18. The number of amides is 2. The molecule has 0 radical (unpaired) electrons. The van der Waals surface area contributed by atoms with E-state index < -0.39 is 0 Å². The summed E-state index contributed by atoms with van der Waals surface area (Å²) in [5, 5.41) is 12.7. The fourth-order valence-corrected chi connectivity index (χ4v) is 2.19. The molecule has 0 unspecified atom stereocenters. The molecule has 2 aromatic heterocycles. The molecule has 0 aliphatic carbocycles. The standard InChI is InChI=1S/C16H25N7O/c1-4-5-6-14-20-12(2)9-15(22-14)17-7-8-18-16(24)21-13-10-19-23(3)11-13/h9-11H,4-8H2,1-3H3,(H,17,20,22)(H2,18,21,24). The molecule has 0 saturated carbocycles. The number of rotatable bonds is 8. The third-order valence-corrected chi connectivity index (χ3v) is 3.33. The molecule has 0 aromatic carbocycles. The molecule has 0 aliphatic rings. The molecule has 8 nitrogen and oxygen atoms in total. The number of nitrogens with one attached hydrogen (secondary N) is 3. The summed E-state index contributed by atoms with van der Waals surface area (Å²) in [4.78, 5) is 20.7. The average molecular weight is 331 g/mol. The number of hydrogen-bond acceptors (Lipinski definition) is 5. The lowest BCUT2D eigenvalue weighted by molar-refractivity contribution is 0.252. The zero-order valence-electron chi connectivity index (χ0n) is 14.5. The van der Waals surface area contributed by atoms with Gasteiger partial charge < -0.3 is 16.0 Å². The number of carbonyl (C=O) groups is 1. The number of urea groups is 1. The Bertz CT molecular complexity index is 668. The number of aryl methyl sites for hydroxylation is 3. The highest BCUT2D eigenvalue weighted by molar-refractivity contribution is 5.88. The third-order valence-electron chi connectivity index (χ3n) is 3.33. The van der Waals surface area contributed by atoms with Crippen molar-refractivity contribution in [3.8, 4) is 0 Å². The summed E-state index contributed by atoms with van der Waals surface area (Å²) in [6, 6.07) is 1.65. The van der Waals surface area contributed by atoms with Crippen molar-refractivity contribution in [3.05, 3.63) is 30.0 Å². The Kier molecular flexibility index (Phi) is 6.53. The van der Waals surface area contributed by atoms with Gasteiger partial charge in [-0.25, -0.2) is 14.8 Å². The SMILES string of the molecule is CCCCc1nc(C)cc(NCCNC(=O)Nc2cnn(C)c2)n1. The first-order valence-corrected chi connectivity index (χ1v) is 8.18. The van der Waals surface area contributed by atoms with E-state index in [1.54, 1.807) is 24.1 Å². The van der Waals surface area contributed by atoms with E-state index in [4.69, 9.17) is 0 Å². The van der Waals surface area contributed by atoms with Gasteiger partial charge in [0.25, 0.3) is 0 Å². The van der Waals surface area contributed by atoms with Crippen molar-refractivity contribution in [2.24, 2.45) is 7.05 Å². The van der Waals surface area contributed by atoms with E-state index in [-0.39, 0.29) is 6.03 Å². The van der Waals surface area contributed by atoms with Crippen LogP contribution < -0.4 is 16.0 Å². The molecular weight excluding hydrogens is 306 g/mol. The Labute approximate surface area is 142 Å². The predicted octanol–water partition coefficient (Wildman–Crippen LogP) is 2.09. The van der Waals surface area contributed by atoms with E-state index in [1.807, 2.05) is 13.0 Å². The van der Waals surface area contributed by atoms with Gasteiger partial charge in [-0.2, -0.15) is 5.10 Å². The van der Waals surface area contributed by atoms with Crippen molar-refractivity contribution >= 4 is 17.5 Å². The Hall–Kier alpha value is -2.64. The van der Waals surface area contributed by atoms with E-state index >= 15 is 0 Å². The molecule has 2 heterocycles. The highest BCUT2D eigenvalue weighted by Crippen LogP contribution is 2.08. The molecule has 0 aliphatic heterocycles. The fourth-order valence-electron chi connectivity index (χ4n) is 2.19. The van der Waals surface area contributed by atoms with Crippen LogP contribution in [0, 0.1) is 6.92 Å². The van der Waals surface area contributed by atoms with Crippen LogP contribution in [0.2, 0.25) is 0 Å². The third kappa shape index (κ3) is 5.86. The first-order chi connectivity index (χ1) is 11.6. The van der Waals surface area contributed by atoms with Crippen molar-refractivity contribution in [2.45, 2.75) is 33.1 Å². The van der Waals surface area contributed by atoms with Gasteiger partial charge in [-0.05, 0) is 13.3 Å². The molecule has 0 atom stereocenters. The summed E-state index contributed by atoms with van der Waals surface area (Å²) >= 11 is 0. The van der Waals surface area contributed by atoms with Crippen LogP contribution >= 0.6 is 0 Å². The molecule has 130 valence electrons. The normalized spacial score (nSPS) is 10.5. The molecular formula is C16H25N7O. The van der Waals surface area contributed by atoms with Crippen LogP contribution in [0.3, 0.4) is 0 Å². The predicted molar refractivity (Wildman–Crippen MR) is 94.1 cm³/mol. The second-order valence-corrected chi connectivity index (χ2v) is 5.62. The number of anilines is 2. The van der Waals surface area contributed by atoms with E-state index in [9.17, 15) is 4.79 Å². The van der Waals surface area contributed by atoms with Gasteiger partial charge in [0.15, 0.2) is 0 Å². The van der Waals surface area contributed by atoms with Crippen LogP contribution in [-0.4, -0.2) is 38.9 Å². The van der Waals surface area contributed by atoms with Gasteiger partial charge in [0.05, 0.1) is 11.9 Å². The smallest absolute Gasteiger partial charge is 0.319 e. The minimum atomic E-state index is -0.257. The molecule has 0 spiro atoms. The molecule has 3 N–H and O–H groups in total. The molecule has 2 rings (SSSR count). The average Bonchev–Trinajstić information content (AvgIpc) is 2.94. The second kappa shape index (κ2) is 8.85. The van der Waals surface area contributed by atoms with Crippen LogP contribution in [0.5, 0.6) is 0 Å². The van der Waals surface area contributed by atoms with Crippen LogP contribution in [0.1, 0.15) is 31.3 Å². The van der Waals surface area contributed by atoms with Crippen LogP contribution in [0.15, 0.2) is 18.5 Å². The van der Waals surface area contributed by atoms with E-state index in [0.29, 0.717) is 18.8 Å². The maximum Gasteiger partial charge on any atom is 0.319 e. The highest BCUT2D eigenvalue weighted by atomic mass is 16.2. The van der Waals surface area contributed by atoms with Gasteiger partial charge in [-0.1, -0.05) is 13.3 Å². The van der Waals surface area contributed by atoms with Crippen molar-refractivity contribution in [1.82, 2.24) is 25.1 Å². The largest absolute Gasteiger partial charge is 0.368 e. The Balaban J connectivity index is 1.73. The molecule has 8 heteroatoms. The van der Waals surface area contributed by atoms with Crippen molar-refractivity contribution in [3.63, 3.8) is 0 Å². The summed E-state index contributed by atoms with van der Waals surface area (Å²) in [7, 11) is 1.80. The van der Waals surface area contributed by atoms with Crippen LogP contribution in [0.25, 0.3) is 0 Å². The fraction of sp³-hybridized carbons (Fsp3) is 0.500. The van der Waals surface area contributed by atoms with E-state index in [2.05, 4.69) is 37.9 Å². The summed E-state index contributed by atoms with van der Waals surface area (Å²) in [6.45, 7) is 5.18. The van der Waals surface area contributed by atoms with Gasteiger partial charge in [-0.15, -0.1) is 0 Å². The van der Waals surface area contributed by atoms with Gasteiger partial charge in [0.1, 0.15) is 11.6 Å². The Morgan fingerprint density at radius 2 is 2.12 bits per heavy atom. The zero-order valence-corrected chi connectivity index (χ0v) is 14.5. The molecule has 0 fully saturated rings. The number of hydrogen-bond donors (Lipinski definition) is 3. The zero-order chi connectivity index (χ0) is 17.4. The minimum absolute atomic E-state index is 0.257. The topological polar surface area (TPSA) is 96.8 Å². The van der Waals surface area contributed by atoms with Crippen LogP contribution in [-0.2, 0) is 13.5 Å². The number of unbranched alkanes of at least 4 members (excludes halogenated alkanes) is 1. The first kappa shape index (κ1) is 17.7. The Morgan fingerprint density at radius 1 is 1.29 bits per heavy atom.